The maximum absolute atomic E-state index is 10.6. The zero-order valence-corrected chi connectivity index (χ0v) is 10.3. The molecule has 84 valence electrons. The average Bonchev–Trinajstić information content (AvgIpc) is 2.29. The molecule has 0 fully saturated rings. The van der Waals surface area contributed by atoms with Crippen LogP contribution in [0.4, 0.5) is 5.69 Å². The van der Waals surface area contributed by atoms with Gasteiger partial charge in [0.2, 0.25) is 0 Å². The van der Waals surface area contributed by atoms with E-state index >= 15 is 0 Å². The Bertz CT molecular complexity index is 448. The van der Waals surface area contributed by atoms with Gasteiger partial charge in [0.1, 0.15) is 5.75 Å². The second kappa shape index (κ2) is 6.13. The van der Waals surface area contributed by atoms with E-state index in [-0.39, 0.29) is 5.69 Å². The molecule has 0 atom stereocenters. The molecule has 0 unspecified atom stereocenters. The SMILES string of the molecule is COc1ccc([N+](=O)[O-])cc1C#CCCBr. The lowest BCUT2D eigenvalue weighted by molar-refractivity contribution is -0.384. The van der Waals surface area contributed by atoms with Gasteiger partial charge in [-0.3, -0.25) is 10.1 Å². The van der Waals surface area contributed by atoms with Crippen molar-refractivity contribution in [3.63, 3.8) is 0 Å². The molecule has 0 radical (unpaired) electrons. The molecule has 0 bridgehead atoms. The van der Waals surface area contributed by atoms with Gasteiger partial charge in [-0.1, -0.05) is 27.8 Å². The van der Waals surface area contributed by atoms with Gasteiger partial charge in [0.15, 0.2) is 0 Å². The van der Waals surface area contributed by atoms with Crippen molar-refractivity contribution in [2.75, 3.05) is 12.4 Å². The maximum atomic E-state index is 10.6. The standard InChI is InChI=1S/C11H10BrNO3/c1-16-11-6-5-10(13(14)15)8-9(11)4-2-3-7-12/h5-6,8H,3,7H2,1H3. The Labute approximate surface area is 102 Å². The van der Waals surface area contributed by atoms with Crippen molar-refractivity contribution in [2.24, 2.45) is 0 Å². The van der Waals surface area contributed by atoms with Crippen LogP contribution in [0.2, 0.25) is 0 Å². The summed E-state index contributed by atoms with van der Waals surface area (Å²) in [5.41, 5.74) is 0.557. The second-order valence-corrected chi connectivity index (χ2v) is 3.68. The number of non-ortho nitro benzene ring substituents is 1. The van der Waals surface area contributed by atoms with Crippen molar-refractivity contribution >= 4 is 21.6 Å². The maximum Gasteiger partial charge on any atom is 0.270 e. The lowest BCUT2D eigenvalue weighted by Gasteiger charge is -2.02. The molecule has 0 amide bonds. The van der Waals surface area contributed by atoms with Crippen molar-refractivity contribution < 1.29 is 9.66 Å². The minimum absolute atomic E-state index is 0.0175. The van der Waals surface area contributed by atoms with Gasteiger partial charge in [0.05, 0.1) is 17.6 Å². The van der Waals surface area contributed by atoms with Crippen LogP contribution in [0, 0.1) is 22.0 Å². The first-order valence-corrected chi connectivity index (χ1v) is 5.68. The van der Waals surface area contributed by atoms with Crippen LogP contribution in [-0.4, -0.2) is 17.4 Å². The third kappa shape index (κ3) is 3.24. The number of nitrogens with zero attached hydrogens (tertiary/aromatic N) is 1. The summed E-state index contributed by atoms with van der Waals surface area (Å²) in [6.45, 7) is 0. The molecule has 0 heterocycles. The lowest BCUT2D eigenvalue weighted by atomic mass is 10.2. The van der Waals surface area contributed by atoms with Gasteiger partial charge in [-0.15, -0.1) is 0 Å². The molecule has 0 aliphatic carbocycles. The molecule has 0 saturated heterocycles. The summed E-state index contributed by atoms with van der Waals surface area (Å²) in [4.78, 5) is 10.1. The van der Waals surface area contributed by atoms with Crippen LogP contribution in [0.5, 0.6) is 5.75 Å². The number of hydrogen-bond acceptors (Lipinski definition) is 3. The van der Waals surface area contributed by atoms with E-state index in [1.54, 1.807) is 6.07 Å². The quantitative estimate of drug-likeness (QED) is 0.371. The van der Waals surface area contributed by atoms with Gasteiger partial charge < -0.3 is 4.74 Å². The number of benzene rings is 1. The van der Waals surface area contributed by atoms with Crippen molar-refractivity contribution in [2.45, 2.75) is 6.42 Å². The van der Waals surface area contributed by atoms with E-state index in [1.165, 1.54) is 19.2 Å². The highest BCUT2D eigenvalue weighted by Gasteiger charge is 2.09. The molecule has 0 saturated carbocycles. The molecule has 1 rings (SSSR count). The van der Waals surface area contributed by atoms with Gasteiger partial charge in [0, 0.05) is 23.9 Å². The molecular formula is C11H10BrNO3. The molecule has 0 aliphatic heterocycles. The van der Waals surface area contributed by atoms with E-state index in [1.807, 2.05) is 0 Å². The Morgan fingerprint density at radius 3 is 2.88 bits per heavy atom. The third-order valence-electron chi connectivity index (χ3n) is 1.84. The minimum atomic E-state index is -0.449. The molecule has 16 heavy (non-hydrogen) atoms. The van der Waals surface area contributed by atoms with Crippen molar-refractivity contribution in [1.29, 1.82) is 0 Å². The zero-order chi connectivity index (χ0) is 12.0. The number of alkyl halides is 1. The van der Waals surface area contributed by atoms with E-state index in [0.29, 0.717) is 17.7 Å². The summed E-state index contributed by atoms with van der Waals surface area (Å²) in [6, 6.07) is 4.37. The first-order chi connectivity index (χ1) is 7.69. The van der Waals surface area contributed by atoms with Gasteiger partial charge >= 0.3 is 0 Å². The fourth-order valence-corrected chi connectivity index (χ4v) is 1.31. The molecule has 1 aromatic rings. The molecule has 1 aromatic carbocycles. The largest absolute Gasteiger partial charge is 0.495 e. The molecule has 0 spiro atoms. The van der Waals surface area contributed by atoms with Crippen LogP contribution in [0.25, 0.3) is 0 Å². The average molecular weight is 284 g/mol. The fraction of sp³-hybridized carbons (Fsp3) is 0.273. The molecule has 5 heteroatoms. The van der Waals surface area contributed by atoms with E-state index in [0.717, 1.165) is 5.33 Å². The Balaban J connectivity index is 3.08. The number of ether oxygens (including phenoxy) is 1. The summed E-state index contributed by atoms with van der Waals surface area (Å²) in [5.74, 6) is 6.29. The predicted octanol–water partition coefficient (Wildman–Crippen LogP) is 2.74. The predicted molar refractivity (Wildman–Crippen MR) is 64.9 cm³/mol. The Kier molecular flexibility index (Phi) is 4.80. The topological polar surface area (TPSA) is 52.4 Å². The van der Waals surface area contributed by atoms with Gasteiger partial charge in [0.25, 0.3) is 5.69 Å². The van der Waals surface area contributed by atoms with Crippen molar-refractivity contribution in [3.05, 3.63) is 33.9 Å². The minimum Gasteiger partial charge on any atom is -0.495 e. The third-order valence-corrected chi connectivity index (χ3v) is 2.23. The molecular weight excluding hydrogens is 274 g/mol. The summed E-state index contributed by atoms with van der Waals surface area (Å²) < 4.78 is 5.07. The summed E-state index contributed by atoms with van der Waals surface area (Å²) >= 11 is 3.25. The Hall–Kier alpha value is -1.54. The number of hydrogen-bond donors (Lipinski definition) is 0. The summed E-state index contributed by atoms with van der Waals surface area (Å²) in [5, 5.41) is 11.4. The van der Waals surface area contributed by atoms with E-state index < -0.39 is 4.92 Å². The number of nitro groups is 1. The van der Waals surface area contributed by atoms with Crippen LogP contribution in [0.1, 0.15) is 12.0 Å². The summed E-state index contributed by atoms with van der Waals surface area (Å²) in [7, 11) is 1.51. The number of halogens is 1. The summed E-state index contributed by atoms with van der Waals surface area (Å²) in [6.07, 6.45) is 0.686. The molecule has 0 aliphatic rings. The van der Waals surface area contributed by atoms with Crippen LogP contribution in [0.3, 0.4) is 0 Å². The van der Waals surface area contributed by atoms with Crippen LogP contribution >= 0.6 is 15.9 Å². The second-order valence-electron chi connectivity index (χ2n) is 2.88. The molecule has 0 N–H and O–H groups in total. The Morgan fingerprint density at radius 2 is 2.31 bits per heavy atom. The molecule has 4 nitrogen and oxygen atoms in total. The molecule has 0 aromatic heterocycles. The highest BCUT2D eigenvalue weighted by Crippen LogP contribution is 2.22. The lowest BCUT2D eigenvalue weighted by Crippen LogP contribution is -1.92. The van der Waals surface area contributed by atoms with Gasteiger partial charge in [-0.25, -0.2) is 0 Å². The first-order valence-electron chi connectivity index (χ1n) is 4.56. The zero-order valence-electron chi connectivity index (χ0n) is 8.70. The first kappa shape index (κ1) is 12.5. The van der Waals surface area contributed by atoms with Crippen LogP contribution < -0.4 is 4.74 Å². The number of nitro benzene ring substituents is 1. The number of methoxy groups -OCH3 is 1. The normalized spacial score (nSPS) is 9.12. The van der Waals surface area contributed by atoms with Crippen molar-refractivity contribution in [1.82, 2.24) is 0 Å². The highest BCUT2D eigenvalue weighted by molar-refractivity contribution is 9.09. The van der Waals surface area contributed by atoms with E-state index in [4.69, 9.17) is 4.74 Å². The van der Waals surface area contributed by atoms with Gasteiger partial charge in [-0.05, 0) is 6.07 Å². The van der Waals surface area contributed by atoms with Crippen LogP contribution in [0.15, 0.2) is 18.2 Å². The Morgan fingerprint density at radius 1 is 1.56 bits per heavy atom. The van der Waals surface area contributed by atoms with Crippen LogP contribution in [-0.2, 0) is 0 Å². The highest BCUT2D eigenvalue weighted by atomic mass is 79.9. The van der Waals surface area contributed by atoms with Gasteiger partial charge in [-0.2, -0.15) is 0 Å². The smallest absolute Gasteiger partial charge is 0.270 e. The fourth-order valence-electron chi connectivity index (χ4n) is 1.11. The van der Waals surface area contributed by atoms with E-state index in [9.17, 15) is 10.1 Å². The number of rotatable bonds is 3. The monoisotopic (exact) mass is 283 g/mol. The van der Waals surface area contributed by atoms with E-state index in [2.05, 4.69) is 27.8 Å². The van der Waals surface area contributed by atoms with Crippen molar-refractivity contribution in [3.8, 4) is 17.6 Å².